The van der Waals surface area contributed by atoms with Crippen LogP contribution in [-0.4, -0.2) is 75.7 Å². The predicted molar refractivity (Wildman–Crippen MR) is 108 cm³/mol. The van der Waals surface area contributed by atoms with Gasteiger partial charge in [-0.2, -0.15) is 0 Å². The lowest BCUT2D eigenvalue weighted by atomic mass is 9.88. The molecule has 0 aromatic heterocycles. The predicted octanol–water partition coefficient (Wildman–Crippen LogP) is 0.741. The monoisotopic (exact) mass is 405 g/mol. The maximum atomic E-state index is 12.8. The minimum atomic E-state index is -0.666. The van der Waals surface area contributed by atoms with E-state index in [2.05, 4.69) is 10.6 Å². The minimum absolute atomic E-state index is 0.0513. The van der Waals surface area contributed by atoms with Crippen molar-refractivity contribution in [3.63, 3.8) is 0 Å². The second-order valence-corrected chi connectivity index (χ2v) is 7.25. The summed E-state index contributed by atoms with van der Waals surface area (Å²) in [6.45, 7) is 3.85. The van der Waals surface area contributed by atoms with E-state index in [9.17, 15) is 14.4 Å². The van der Waals surface area contributed by atoms with Gasteiger partial charge < -0.3 is 25.0 Å². The Morgan fingerprint density at radius 3 is 2.34 bits per heavy atom. The van der Waals surface area contributed by atoms with E-state index in [-0.39, 0.29) is 30.2 Å². The van der Waals surface area contributed by atoms with Gasteiger partial charge >= 0.3 is 0 Å². The Kier molecular flexibility index (Phi) is 9.08. The van der Waals surface area contributed by atoms with Crippen LogP contribution in [0.15, 0.2) is 24.3 Å². The summed E-state index contributed by atoms with van der Waals surface area (Å²) in [5, 5.41) is 5.72. The summed E-state index contributed by atoms with van der Waals surface area (Å²) < 4.78 is 9.89. The first-order valence-corrected chi connectivity index (χ1v) is 9.87. The minimum Gasteiger partial charge on any atom is -0.383 e. The average Bonchev–Trinajstić information content (AvgIpc) is 2.72. The molecule has 2 rings (SSSR count). The SMILES string of the molecule is COCCNC(=O)C(NC(=O)c1ccc(C)cc1)C1CCN(C(=O)COC)CC1. The molecular formula is C21H31N3O5. The second kappa shape index (κ2) is 11.5. The van der Waals surface area contributed by atoms with E-state index < -0.39 is 6.04 Å². The van der Waals surface area contributed by atoms with Crippen LogP contribution in [0.5, 0.6) is 0 Å². The molecule has 0 radical (unpaired) electrons. The lowest BCUT2D eigenvalue weighted by Crippen LogP contribution is -2.54. The molecule has 0 spiro atoms. The summed E-state index contributed by atoms with van der Waals surface area (Å²) in [6.07, 6.45) is 1.26. The number of aryl methyl sites for hydroxylation is 1. The largest absolute Gasteiger partial charge is 0.383 e. The molecule has 1 heterocycles. The molecule has 160 valence electrons. The molecule has 0 aliphatic carbocycles. The van der Waals surface area contributed by atoms with Gasteiger partial charge in [0.2, 0.25) is 11.8 Å². The number of nitrogens with one attached hydrogen (secondary N) is 2. The van der Waals surface area contributed by atoms with Crippen LogP contribution in [0.25, 0.3) is 0 Å². The van der Waals surface area contributed by atoms with Crippen LogP contribution in [0, 0.1) is 12.8 Å². The van der Waals surface area contributed by atoms with Crippen molar-refractivity contribution in [1.82, 2.24) is 15.5 Å². The number of hydrogen-bond acceptors (Lipinski definition) is 5. The van der Waals surface area contributed by atoms with Crippen molar-refractivity contribution in [1.29, 1.82) is 0 Å². The quantitative estimate of drug-likeness (QED) is 0.591. The highest BCUT2D eigenvalue weighted by molar-refractivity contribution is 5.97. The van der Waals surface area contributed by atoms with Crippen LogP contribution in [-0.2, 0) is 19.1 Å². The van der Waals surface area contributed by atoms with Gasteiger partial charge in [-0.05, 0) is 37.8 Å². The van der Waals surface area contributed by atoms with Gasteiger partial charge in [0.25, 0.3) is 5.91 Å². The van der Waals surface area contributed by atoms with E-state index in [1.165, 1.54) is 7.11 Å². The zero-order chi connectivity index (χ0) is 21.2. The van der Waals surface area contributed by atoms with Crippen molar-refractivity contribution in [2.45, 2.75) is 25.8 Å². The number of piperidine rings is 1. The van der Waals surface area contributed by atoms with Crippen molar-refractivity contribution < 1.29 is 23.9 Å². The molecule has 3 amide bonds. The van der Waals surface area contributed by atoms with Gasteiger partial charge in [0, 0.05) is 39.4 Å². The summed E-state index contributed by atoms with van der Waals surface area (Å²) in [5.74, 6) is -0.631. The zero-order valence-corrected chi connectivity index (χ0v) is 17.4. The molecule has 1 saturated heterocycles. The molecule has 8 nitrogen and oxygen atoms in total. The first-order chi connectivity index (χ1) is 14.0. The molecule has 1 aliphatic rings. The normalized spacial score (nSPS) is 15.6. The molecule has 1 aliphatic heterocycles. The summed E-state index contributed by atoms with van der Waals surface area (Å²) in [7, 11) is 3.06. The van der Waals surface area contributed by atoms with Crippen LogP contribution >= 0.6 is 0 Å². The molecule has 8 heteroatoms. The molecule has 1 aromatic rings. The number of carbonyl (C=O) groups is 3. The van der Waals surface area contributed by atoms with Gasteiger partial charge in [-0.1, -0.05) is 17.7 Å². The lowest BCUT2D eigenvalue weighted by molar-refractivity contribution is -0.136. The zero-order valence-electron chi connectivity index (χ0n) is 17.4. The first kappa shape index (κ1) is 22.8. The maximum absolute atomic E-state index is 12.8. The number of rotatable bonds is 9. The fraction of sp³-hybridized carbons (Fsp3) is 0.571. The highest BCUT2D eigenvalue weighted by Gasteiger charge is 2.33. The third-order valence-electron chi connectivity index (χ3n) is 5.12. The van der Waals surface area contributed by atoms with Crippen molar-refractivity contribution in [2.24, 2.45) is 5.92 Å². The fourth-order valence-corrected chi connectivity index (χ4v) is 3.41. The topological polar surface area (TPSA) is 97.0 Å². The van der Waals surface area contributed by atoms with E-state index >= 15 is 0 Å². The Morgan fingerprint density at radius 2 is 1.76 bits per heavy atom. The van der Waals surface area contributed by atoms with E-state index in [0.29, 0.717) is 44.6 Å². The Bertz CT molecular complexity index is 684. The summed E-state index contributed by atoms with van der Waals surface area (Å²) in [5.41, 5.74) is 1.57. The van der Waals surface area contributed by atoms with Gasteiger partial charge in [-0.3, -0.25) is 14.4 Å². The lowest BCUT2D eigenvalue weighted by Gasteiger charge is -2.35. The van der Waals surface area contributed by atoms with Crippen molar-refractivity contribution in [2.75, 3.05) is 47.1 Å². The molecule has 1 atom stereocenters. The highest BCUT2D eigenvalue weighted by Crippen LogP contribution is 2.22. The van der Waals surface area contributed by atoms with E-state index in [4.69, 9.17) is 9.47 Å². The van der Waals surface area contributed by atoms with E-state index in [1.807, 2.05) is 19.1 Å². The molecule has 2 N–H and O–H groups in total. The number of methoxy groups -OCH3 is 2. The number of benzene rings is 1. The summed E-state index contributed by atoms with van der Waals surface area (Å²) in [6, 6.07) is 6.55. The third kappa shape index (κ3) is 6.83. The summed E-state index contributed by atoms with van der Waals surface area (Å²) >= 11 is 0. The average molecular weight is 405 g/mol. The number of amides is 3. The Labute approximate surface area is 171 Å². The van der Waals surface area contributed by atoms with Gasteiger partial charge in [0.1, 0.15) is 12.6 Å². The van der Waals surface area contributed by atoms with Crippen LogP contribution in [0.4, 0.5) is 0 Å². The maximum Gasteiger partial charge on any atom is 0.251 e. The van der Waals surface area contributed by atoms with Crippen LogP contribution in [0.2, 0.25) is 0 Å². The first-order valence-electron chi connectivity index (χ1n) is 9.87. The highest BCUT2D eigenvalue weighted by atomic mass is 16.5. The standard InChI is InChI=1S/C21H31N3O5/c1-15-4-6-17(7-5-15)20(26)23-19(21(27)22-10-13-28-2)16-8-11-24(12-9-16)18(25)14-29-3/h4-7,16,19H,8-14H2,1-3H3,(H,22,27)(H,23,26). The number of hydrogen-bond donors (Lipinski definition) is 2. The molecule has 0 bridgehead atoms. The number of ether oxygens (including phenoxy) is 2. The molecular weight excluding hydrogens is 374 g/mol. The number of nitrogens with zero attached hydrogens (tertiary/aromatic N) is 1. The molecule has 29 heavy (non-hydrogen) atoms. The Morgan fingerprint density at radius 1 is 1.10 bits per heavy atom. The number of likely N-dealkylation sites (tertiary alicyclic amines) is 1. The number of carbonyl (C=O) groups excluding carboxylic acids is 3. The van der Waals surface area contributed by atoms with Gasteiger partial charge in [-0.25, -0.2) is 0 Å². The summed E-state index contributed by atoms with van der Waals surface area (Å²) in [4.78, 5) is 39.2. The Hall–Kier alpha value is -2.45. The van der Waals surface area contributed by atoms with Crippen LogP contribution in [0.1, 0.15) is 28.8 Å². The van der Waals surface area contributed by atoms with Crippen LogP contribution < -0.4 is 10.6 Å². The second-order valence-electron chi connectivity index (χ2n) is 7.25. The Balaban J connectivity index is 2.05. The van der Waals surface area contributed by atoms with E-state index in [1.54, 1.807) is 24.1 Å². The van der Waals surface area contributed by atoms with Gasteiger partial charge in [0.05, 0.1) is 6.61 Å². The third-order valence-corrected chi connectivity index (χ3v) is 5.12. The van der Waals surface area contributed by atoms with E-state index in [0.717, 1.165) is 5.56 Å². The molecule has 1 fully saturated rings. The van der Waals surface area contributed by atoms with Gasteiger partial charge in [-0.15, -0.1) is 0 Å². The van der Waals surface area contributed by atoms with Crippen molar-refractivity contribution in [3.8, 4) is 0 Å². The molecule has 0 saturated carbocycles. The molecule has 1 aromatic carbocycles. The van der Waals surface area contributed by atoms with Crippen molar-refractivity contribution in [3.05, 3.63) is 35.4 Å². The van der Waals surface area contributed by atoms with Crippen LogP contribution in [0.3, 0.4) is 0 Å². The van der Waals surface area contributed by atoms with Crippen molar-refractivity contribution >= 4 is 17.7 Å². The smallest absolute Gasteiger partial charge is 0.251 e. The fourth-order valence-electron chi connectivity index (χ4n) is 3.41. The van der Waals surface area contributed by atoms with Gasteiger partial charge in [0.15, 0.2) is 0 Å². The molecule has 1 unspecified atom stereocenters.